The van der Waals surface area contributed by atoms with Crippen LogP contribution in [-0.4, -0.2) is 60.8 Å². The molecule has 0 aliphatic carbocycles. The van der Waals surface area contributed by atoms with Gasteiger partial charge in [-0.15, -0.1) is 0 Å². The third-order valence-electron chi connectivity index (χ3n) is 4.05. The Morgan fingerprint density at radius 2 is 2.11 bits per heavy atom. The third kappa shape index (κ3) is 2.72. The van der Waals surface area contributed by atoms with Crippen molar-refractivity contribution in [2.24, 2.45) is 5.92 Å². The molecule has 2 saturated heterocycles. The SMILES string of the molecule is CN(C)CC1CCC2(CN(c3ncccn3)C2)OC1. The summed E-state index contributed by atoms with van der Waals surface area (Å²) in [6, 6.07) is 1.85. The number of hydrogen-bond acceptors (Lipinski definition) is 5. The summed E-state index contributed by atoms with van der Waals surface area (Å²) in [5.74, 6) is 1.51. The van der Waals surface area contributed by atoms with E-state index in [1.54, 1.807) is 12.4 Å². The minimum Gasteiger partial charge on any atom is -0.371 e. The predicted molar refractivity (Wildman–Crippen MR) is 74.2 cm³/mol. The van der Waals surface area contributed by atoms with Gasteiger partial charge in [-0.3, -0.25) is 0 Å². The average molecular weight is 262 g/mol. The van der Waals surface area contributed by atoms with E-state index in [0.29, 0.717) is 5.92 Å². The van der Waals surface area contributed by atoms with Crippen LogP contribution in [0.4, 0.5) is 5.95 Å². The maximum atomic E-state index is 6.14. The molecule has 0 radical (unpaired) electrons. The molecule has 5 nitrogen and oxygen atoms in total. The van der Waals surface area contributed by atoms with Gasteiger partial charge in [0, 0.05) is 18.9 Å². The zero-order chi connectivity index (χ0) is 13.3. The Labute approximate surface area is 114 Å². The molecular weight excluding hydrogens is 240 g/mol. The molecule has 0 bridgehead atoms. The van der Waals surface area contributed by atoms with Crippen LogP contribution in [0.1, 0.15) is 12.8 Å². The third-order valence-corrected chi connectivity index (χ3v) is 4.05. The van der Waals surface area contributed by atoms with Crippen molar-refractivity contribution in [1.29, 1.82) is 0 Å². The van der Waals surface area contributed by atoms with E-state index < -0.39 is 0 Å². The van der Waals surface area contributed by atoms with E-state index in [9.17, 15) is 0 Å². The van der Waals surface area contributed by atoms with Gasteiger partial charge in [0.15, 0.2) is 0 Å². The summed E-state index contributed by atoms with van der Waals surface area (Å²) in [5, 5.41) is 0. The van der Waals surface area contributed by atoms with Crippen LogP contribution >= 0.6 is 0 Å². The van der Waals surface area contributed by atoms with Crippen molar-refractivity contribution in [2.45, 2.75) is 18.4 Å². The first-order valence-electron chi connectivity index (χ1n) is 6.98. The Morgan fingerprint density at radius 1 is 1.37 bits per heavy atom. The highest BCUT2D eigenvalue weighted by Crippen LogP contribution is 2.37. The van der Waals surface area contributed by atoms with Crippen molar-refractivity contribution in [3.8, 4) is 0 Å². The molecule has 1 spiro atoms. The summed E-state index contributed by atoms with van der Waals surface area (Å²) in [6.45, 7) is 3.89. The standard InChI is InChI=1S/C14H22N4O/c1-17(2)8-12-4-5-14(19-9-12)10-18(11-14)13-15-6-3-7-16-13/h3,6-7,12H,4-5,8-11H2,1-2H3. The first kappa shape index (κ1) is 12.8. The van der Waals surface area contributed by atoms with E-state index in [4.69, 9.17) is 4.74 Å². The molecule has 0 N–H and O–H groups in total. The Bertz CT molecular complexity index is 407. The van der Waals surface area contributed by atoms with Crippen molar-refractivity contribution < 1.29 is 4.74 Å². The highest BCUT2D eigenvalue weighted by atomic mass is 16.5. The van der Waals surface area contributed by atoms with Gasteiger partial charge >= 0.3 is 0 Å². The van der Waals surface area contributed by atoms with Crippen molar-refractivity contribution in [2.75, 3.05) is 45.2 Å². The van der Waals surface area contributed by atoms with Crippen LogP contribution in [0, 0.1) is 5.92 Å². The van der Waals surface area contributed by atoms with Gasteiger partial charge in [-0.25, -0.2) is 9.97 Å². The lowest BCUT2D eigenvalue weighted by atomic mass is 9.83. The molecule has 0 saturated carbocycles. The summed E-state index contributed by atoms with van der Waals surface area (Å²) in [7, 11) is 4.25. The second kappa shape index (κ2) is 5.06. The lowest BCUT2D eigenvalue weighted by Gasteiger charge is -2.52. The Hall–Kier alpha value is -1.20. The molecule has 0 amide bonds. The van der Waals surface area contributed by atoms with Gasteiger partial charge in [-0.2, -0.15) is 0 Å². The summed E-state index contributed by atoms with van der Waals surface area (Å²) < 4.78 is 6.14. The molecule has 0 aromatic carbocycles. The molecular formula is C14H22N4O. The van der Waals surface area contributed by atoms with Gasteiger partial charge in [0.05, 0.1) is 19.7 Å². The largest absolute Gasteiger partial charge is 0.371 e. The number of nitrogens with zero attached hydrogens (tertiary/aromatic N) is 4. The highest BCUT2D eigenvalue weighted by Gasteiger charge is 2.47. The van der Waals surface area contributed by atoms with E-state index in [-0.39, 0.29) is 5.60 Å². The van der Waals surface area contributed by atoms with Gasteiger partial charge in [0.2, 0.25) is 5.95 Å². The fraction of sp³-hybridized carbons (Fsp3) is 0.714. The van der Waals surface area contributed by atoms with Gasteiger partial charge in [-0.05, 0) is 38.9 Å². The van der Waals surface area contributed by atoms with Crippen molar-refractivity contribution in [3.05, 3.63) is 18.5 Å². The summed E-state index contributed by atoms with van der Waals surface area (Å²) in [6.07, 6.45) is 6.01. The molecule has 2 aliphatic heterocycles. The van der Waals surface area contributed by atoms with E-state index >= 15 is 0 Å². The summed E-state index contributed by atoms with van der Waals surface area (Å²) >= 11 is 0. The van der Waals surface area contributed by atoms with Crippen LogP contribution in [-0.2, 0) is 4.74 Å². The quantitative estimate of drug-likeness (QED) is 0.813. The second-order valence-corrected chi connectivity index (χ2v) is 6.07. The average Bonchev–Trinajstić information content (AvgIpc) is 2.38. The first-order chi connectivity index (χ1) is 9.17. The summed E-state index contributed by atoms with van der Waals surface area (Å²) in [4.78, 5) is 13.0. The van der Waals surface area contributed by atoms with Gasteiger partial charge in [0.25, 0.3) is 0 Å². The topological polar surface area (TPSA) is 41.5 Å². The molecule has 2 fully saturated rings. The number of hydrogen-bond donors (Lipinski definition) is 0. The van der Waals surface area contributed by atoms with Gasteiger partial charge in [0.1, 0.15) is 5.60 Å². The smallest absolute Gasteiger partial charge is 0.225 e. The highest BCUT2D eigenvalue weighted by molar-refractivity contribution is 5.36. The molecule has 1 unspecified atom stereocenters. The van der Waals surface area contributed by atoms with Gasteiger partial charge in [-0.1, -0.05) is 0 Å². The lowest BCUT2D eigenvalue weighted by Crippen LogP contribution is -2.65. The van der Waals surface area contributed by atoms with Crippen LogP contribution in [0.3, 0.4) is 0 Å². The van der Waals surface area contributed by atoms with Crippen LogP contribution in [0.15, 0.2) is 18.5 Å². The van der Waals surface area contributed by atoms with Crippen LogP contribution < -0.4 is 4.90 Å². The monoisotopic (exact) mass is 262 g/mol. The minimum atomic E-state index is 0.0714. The molecule has 1 aromatic rings. The van der Waals surface area contributed by atoms with E-state index in [0.717, 1.165) is 38.6 Å². The lowest BCUT2D eigenvalue weighted by molar-refractivity contribution is -0.118. The normalized spacial score (nSPS) is 25.6. The van der Waals surface area contributed by atoms with Crippen LogP contribution in [0.5, 0.6) is 0 Å². The minimum absolute atomic E-state index is 0.0714. The van der Waals surface area contributed by atoms with E-state index in [1.165, 1.54) is 6.42 Å². The molecule has 2 aliphatic rings. The molecule has 3 rings (SSSR count). The molecule has 104 valence electrons. The van der Waals surface area contributed by atoms with E-state index in [1.807, 2.05) is 6.07 Å². The fourth-order valence-electron chi connectivity index (χ4n) is 3.07. The van der Waals surface area contributed by atoms with Gasteiger partial charge < -0.3 is 14.5 Å². The summed E-state index contributed by atoms with van der Waals surface area (Å²) in [5.41, 5.74) is 0.0714. The van der Waals surface area contributed by atoms with Crippen molar-refractivity contribution >= 4 is 5.95 Å². The molecule has 1 atom stereocenters. The number of aromatic nitrogens is 2. The Balaban J connectivity index is 1.51. The fourth-order valence-corrected chi connectivity index (χ4v) is 3.07. The Morgan fingerprint density at radius 3 is 2.68 bits per heavy atom. The molecule has 3 heterocycles. The maximum Gasteiger partial charge on any atom is 0.225 e. The zero-order valence-electron chi connectivity index (χ0n) is 11.7. The molecule has 5 heteroatoms. The predicted octanol–water partition coefficient (Wildman–Crippen LogP) is 1.02. The first-order valence-corrected chi connectivity index (χ1v) is 6.98. The Kier molecular flexibility index (Phi) is 3.41. The molecule has 19 heavy (non-hydrogen) atoms. The molecule has 1 aromatic heterocycles. The van der Waals surface area contributed by atoms with Crippen molar-refractivity contribution in [1.82, 2.24) is 14.9 Å². The van der Waals surface area contributed by atoms with Crippen LogP contribution in [0.2, 0.25) is 0 Å². The maximum absolute atomic E-state index is 6.14. The van der Waals surface area contributed by atoms with E-state index in [2.05, 4.69) is 33.9 Å². The number of anilines is 1. The number of rotatable bonds is 3. The number of ether oxygens (including phenoxy) is 1. The second-order valence-electron chi connectivity index (χ2n) is 6.07. The zero-order valence-corrected chi connectivity index (χ0v) is 11.7. The van der Waals surface area contributed by atoms with Crippen molar-refractivity contribution in [3.63, 3.8) is 0 Å². The van der Waals surface area contributed by atoms with Crippen LogP contribution in [0.25, 0.3) is 0 Å².